The van der Waals surface area contributed by atoms with Crippen LogP contribution < -0.4 is 19.7 Å². The quantitative estimate of drug-likeness (QED) is 0.674. The molecule has 0 radical (unpaired) electrons. The number of methoxy groups -OCH3 is 2. The standard InChI is InChI=1S/C19H21N3O3S2/c1-24-12-6-7-13(14(10-12)25-2)20-17(23)15-11-16-18(26-15)21-19(27-16)22-8-4-3-5-9-22/h6-7,10-11H,3-5,8-9H2,1-2H3,(H,20,23). The zero-order valence-corrected chi connectivity index (χ0v) is 16.9. The highest BCUT2D eigenvalue weighted by molar-refractivity contribution is 7.29. The van der Waals surface area contributed by atoms with Gasteiger partial charge in [-0.15, -0.1) is 11.3 Å². The number of nitrogens with zero attached hydrogens (tertiary/aromatic N) is 2. The van der Waals surface area contributed by atoms with Crippen LogP contribution >= 0.6 is 22.7 Å². The van der Waals surface area contributed by atoms with Gasteiger partial charge >= 0.3 is 0 Å². The van der Waals surface area contributed by atoms with Crippen LogP contribution in [0.15, 0.2) is 24.3 Å². The van der Waals surface area contributed by atoms with E-state index in [4.69, 9.17) is 14.5 Å². The highest BCUT2D eigenvalue weighted by atomic mass is 32.1. The number of hydrogen-bond donors (Lipinski definition) is 1. The lowest BCUT2D eigenvalue weighted by atomic mass is 10.1. The molecular formula is C19H21N3O3S2. The Morgan fingerprint density at radius 3 is 2.63 bits per heavy atom. The molecule has 2 aromatic heterocycles. The van der Waals surface area contributed by atoms with Crippen molar-refractivity contribution in [3.05, 3.63) is 29.1 Å². The highest BCUT2D eigenvalue weighted by Gasteiger charge is 2.19. The Hall–Kier alpha value is -2.32. The Bertz CT molecular complexity index is 929. The minimum atomic E-state index is -0.159. The summed E-state index contributed by atoms with van der Waals surface area (Å²) in [5.74, 6) is 1.08. The molecule has 3 heterocycles. The van der Waals surface area contributed by atoms with Gasteiger partial charge < -0.3 is 19.7 Å². The summed E-state index contributed by atoms with van der Waals surface area (Å²) in [7, 11) is 3.16. The van der Waals surface area contributed by atoms with Crippen molar-refractivity contribution in [3.8, 4) is 11.5 Å². The second-order valence-corrected chi connectivity index (χ2v) is 8.38. The average molecular weight is 404 g/mol. The Kier molecular flexibility index (Phi) is 5.18. The first kappa shape index (κ1) is 18.1. The number of anilines is 2. The largest absolute Gasteiger partial charge is 0.497 e. The summed E-state index contributed by atoms with van der Waals surface area (Å²) in [6, 6.07) is 7.24. The van der Waals surface area contributed by atoms with Crippen molar-refractivity contribution < 1.29 is 14.3 Å². The zero-order valence-electron chi connectivity index (χ0n) is 15.3. The van der Waals surface area contributed by atoms with Gasteiger partial charge in [0.2, 0.25) is 0 Å². The molecule has 6 nitrogen and oxygen atoms in total. The minimum absolute atomic E-state index is 0.159. The molecule has 1 amide bonds. The van der Waals surface area contributed by atoms with Crippen molar-refractivity contribution in [1.82, 2.24) is 4.98 Å². The molecule has 0 saturated carbocycles. The van der Waals surface area contributed by atoms with E-state index in [1.54, 1.807) is 43.8 Å². The first-order valence-corrected chi connectivity index (χ1v) is 10.5. The molecule has 1 aliphatic rings. The van der Waals surface area contributed by atoms with E-state index >= 15 is 0 Å². The molecule has 3 aromatic rings. The number of carbonyl (C=O) groups excluding carboxylic acids is 1. The number of ether oxygens (including phenoxy) is 2. The summed E-state index contributed by atoms with van der Waals surface area (Å²) in [6.45, 7) is 2.15. The summed E-state index contributed by atoms with van der Waals surface area (Å²) in [5.41, 5.74) is 0.613. The molecule has 1 saturated heterocycles. The van der Waals surface area contributed by atoms with Crippen LogP contribution in [0.2, 0.25) is 0 Å². The van der Waals surface area contributed by atoms with Gasteiger partial charge in [-0.3, -0.25) is 4.79 Å². The van der Waals surface area contributed by atoms with Crippen molar-refractivity contribution in [1.29, 1.82) is 0 Å². The lowest BCUT2D eigenvalue weighted by Crippen LogP contribution is -2.29. The summed E-state index contributed by atoms with van der Waals surface area (Å²) < 4.78 is 11.6. The van der Waals surface area contributed by atoms with Crippen LogP contribution in [-0.4, -0.2) is 38.2 Å². The van der Waals surface area contributed by atoms with Crippen LogP contribution in [0.4, 0.5) is 10.8 Å². The fourth-order valence-corrected chi connectivity index (χ4v) is 5.30. The van der Waals surface area contributed by atoms with Crippen molar-refractivity contribution in [2.24, 2.45) is 0 Å². The van der Waals surface area contributed by atoms with Gasteiger partial charge in [0.25, 0.3) is 5.91 Å². The molecule has 0 atom stereocenters. The van der Waals surface area contributed by atoms with Crippen LogP contribution in [0.3, 0.4) is 0 Å². The first-order chi connectivity index (χ1) is 13.2. The topological polar surface area (TPSA) is 63.7 Å². The van der Waals surface area contributed by atoms with Crippen molar-refractivity contribution in [2.75, 3.05) is 37.5 Å². The lowest BCUT2D eigenvalue weighted by Gasteiger charge is -2.25. The smallest absolute Gasteiger partial charge is 0.265 e. The van der Waals surface area contributed by atoms with Crippen LogP contribution in [0.25, 0.3) is 9.53 Å². The van der Waals surface area contributed by atoms with Gasteiger partial charge in [0.05, 0.1) is 29.5 Å². The molecule has 0 unspecified atom stereocenters. The normalized spacial score (nSPS) is 14.4. The van der Waals surface area contributed by atoms with Crippen molar-refractivity contribution >= 4 is 48.9 Å². The van der Waals surface area contributed by atoms with E-state index in [2.05, 4.69) is 10.2 Å². The van der Waals surface area contributed by atoms with Gasteiger partial charge in [0.1, 0.15) is 16.3 Å². The maximum absolute atomic E-state index is 12.7. The number of aromatic nitrogens is 1. The molecule has 142 valence electrons. The van der Waals surface area contributed by atoms with E-state index in [1.807, 2.05) is 6.07 Å². The predicted octanol–water partition coefficient (Wildman–Crippen LogP) is 4.62. The third-order valence-electron chi connectivity index (χ3n) is 4.59. The van der Waals surface area contributed by atoms with Crippen LogP contribution in [0.5, 0.6) is 11.5 Å². The molecule has 4 rings (SSSR count). The van der Waals surface area contributed by atoms with Gasteiger partial charge in [-0.05, 0) is 37.5 Å². The molecule has 27 heavy (non-hydrogen) atoms. The number of nitrogens with one attached hydrogen (secondary N) is 1. The fraction of sp³-hybridized carbons (Fsp3) is 0.368. The molecule has 0 bridgehead atoms. The second-order valence-electron chi connectivity index (χ2n) is 6.34. The number of rotatable bonds is 5. The number of piperidine rings is 1. The van der Waals surface area contributed by atoms with E-state index in [-0.39, 0.29) is 5.91 Å². The highest BCUT2D eigenvalue weighted by Crippen LogP contribution is 2.36. The lowest BCUT2D eigenvalue weighted by molar-refractivity contribution is 0.103. The zero-order chi connectivity index (χ0) is 18.8. The molecule has 8 heteroatoms. The SMILES string of the molecule is COc1ccc(NC(=O)c2cc3sc(N4CCCCC4)nc3s2)c(OC)c1. The number of carbonyl (C=O) groups is 1. The molecule has 1 fully saturated rings. The Balaban J connectivity index is 1.52. The average Bonchev–Trinajstić information content (AvgIpc) is 3.28. The van der Waals surface area contributed by atoms with Gasteiger partial charge in [-0.2, -0.15) is 0 Å². The monoisotopic (exact) mass is 403 g/mol. The summed E-state index contributed by atoms with van der Waals surface area (Å²) in [4.78, 5) is 21.3. The van der Waals surface area contributed by atoms with E-state index in [9.17, 15) is 4.79 Å². The van der Waals surface area contributed by atoms with Gasteiger partial charge in [-0.25, -0.2) is 4.98 Å². The van der Waals surface area contributed by atoms with Gasteiger partial charge in [0, 0.05) is 19.2 Å². The van der Waals surface area contributed by atoms with E-state index in [1.165, 1.54) is 30.6 Å². The molecule has 1 N–H and O–H groups in total. The van der Waals surface area contributed by atoms with E-state index < -0.39 is 0 Å². The molecule has 1 aromatic carbocycles. The minimum Gasteiger partial charge on any atom is -0.497 e. The number of hydrogen-bond acceptors (Lipinski definition) is 7. The van der Waals surface area contributed by atoms with Gasteiger partial charge in [-0.1, -0.05) is 11.3 Å². The second kappa shape index (κ2) is 7.74. The Morgan fingerprint density at radius 2 is 1.93 bits per heavy atom. The van der Waals surface area contributed by atoms with Crippen LogP contribution in [0.1, 0.15) is 28.9 Å². The summed E-state index contributed by atoms with van der Waals surface area (Å²) >= 11 is 3.09. The summed E-state index contributed by atoms with van der Waals surface area (Å²) in [6.07, 6.45) is 3.75. The van der Waals surface area contributed by atoms with Gasteiger partial charge in [0.15, 0.2) is 5.13 Å². The van der Waals surface area contributed by atoms with Crippen LogP contribution in [0, 0.1) is 0 Å². The number of thiazole rings is 1. The van der Waals surface area contributed by atoms with Crippen molar-refractivity contribution in [2.45, 2.75) is 19.3 Å². The first-order valence-electron chi connectivity index (χ1n) is 8.86. The summed E-state index contributed by atoms with van der Waals surface area (Å²) in [5, 5.41) is 3.98. The van der Waals surface area contributed by atoms with Crippen LogP contribution in [-0.2, 0) is 0 Å². The molecule has 1 aliphatic heterocycles. The number of fused-ring (bicyclic) bond motifs is 1. The predicted molar refractivity (Wildman–Crippen MR) is 111 cm³/mol. The maximum atomic E-state index is 12.7. The van der Waals surface area contributed by atoms with E-state index in [0.29, 0.717) is 22.1 Å². The Labute approximate surface area is 165 Å². The number of benzene rings is 1. The Morgan fingerprint density at radius 1 is 1.11 bits per heavy atom. The third kappa shape index (κ3) is 3.72. The number of thiophene rings is 1. The molecular weight excluding hydrogens is 382 g/mol. The third-order valence-corrected chi connectivity index (χ3v) is 6.81. The molecule has 0 spiro atoms. The fourth-order valence-electron chi connectivity index (χ4n) is 3.14. The molecule has 0 aliphatic carbocycles. The van der Waals surface area contributed by atoms with E-state index in [0.717, 1.165) is 27.8 Å². The maximum Gasteiger partial charge on any atom is 0.265 e. The number of amides is 1. The van der Waals surface area contributed by atoms with Crippen molar-refractivity contribution in [3.63, 3.8) is 0 Å².